The van der Waals surface area contributed by atoms with Crippen LogP contribution < -0.4 is 30.0 Å². The lowest BCUT2D eigenvalue weighted by Crippen LogP contribution is -2.35. The summed E-state index contributed by atoms with van der Waals surface area (Å²) >= 11 is 0. The number of piperidine rings is 1. The van der Waals surface area contributed by atoms with Crippen molar-refractivity contribution in [3.05, 3.63) is 28.7 Å². The lowest BCUT2D eigenvalue weighted by atomic mass is 9.94. The second kappa shape index (κ2) is 9.60. The largest absolute Gasteiger partial charge is 0.493 e. The average molecular weight is 451 g/mol. The Kier molecular flexibility index (Phi) is 6.44. The molecule has 0 aliphatic carbocycles. The summed E-state index contributed by atoms with van der Waals surface area (Å²) in [7, 11) is 4.60. The van der Waals surface area contributed by atoms with E-state index in [1.807, 2.05) is 0 Å². The van der Waals surface area contributed by atoms with Crippen molar-refractivity contribution >= 4 is 28.4 Å². The van der Waals surface area contributed by atoms with Gasteiger partial charge in [-0.25, -0.2) is 10.1 Å². The van der Waals surface area contributed by atoms with Crippen molar-refractivity contribution in [2.45, 2.75) is 19.3 Å². The number of hydrogen-bond acceptors (Lipinski definition) is 10. The minimum atomic E-state index is -0.401. The number of methoxy groups -OCH3 is 3. The highest BCUT2D eigenvalue weighted by atomic mass is 16.5. The highest BCUT2D eigenvalue weighted by Gasteiger charge is 2.23. The first kappa shape index (κ1) is 22.1. The van der Waals surface area contributed by atoms with Gasteiger partial charge in [0.2, 0.25) is 11.7 Å². The van der Waals surface area contributed by atoms with Crippen LogP contribution in [0.15, 0.2) is 23.1 Å². The highest BCUT2D eigenvalue weighted by Crippen LogP contribution is 2.41. The summed E-state index contributed by atoms with van der Waals surface area (Å²) in [6, 6.07) is 5.72. The molecule has 4 rings (SSSR count). The molecule has 0 radical (unpaired) electrons. The number of fused-ring (bicyclic) bond motifs is 1. The van der Waals surface area contributed by atoms with Gasteiger partial charge in [0, 0.05) is 37.3 Å². The minimum Gasteiger partial charge on any atom is -0.493 e. The van der Waals surface area contributed by atoms with E-state index in [9.17, 15) is 4.79 Å². The number of nitriles is 1. The second-order valence-electron chi connectivity index (χ2n) is 7.66. The summed E-state index contributed by atoms with van der Waals surface area (Å²) < 4.78 is 16.2. The minimum absolute atomic E-state index is 0.293. The van der Waals surface area contributed by atoms with E-state index in [0.717, 1.165) is 25.9 Å². The maximum absolute atomic E-state index is 12.6. The summed E-state index contributed by atoms with van der Waals surface area (Å²) in [5, 5.41) is 18.8. The molecule has 0 unspecified atom stereocenters. The first-order valence-electron chi connectivity index (χ1n) is 10.5. The monoisotopic (exact) mass is 451 g/mol. The quantitative estimate of drug-likeness (QED) is 0.551. The summed E-state index contributed by atoms with van der Waals surface area (Å²) in [5.41, 5.74) is 0.624. The molecule has 0 atom stereocenters. The van der Waals surface area contributed by atoms with Crippen molar-refractivity contribution in [3.63, 3.8) is 0 Å². The number of aromatic nitrogens is 4. The van der Waals surface area contributed by atoms with Crippen LogP contribution in [0.25, 0.3) is 10.9 Å². The van der Waals surface area contributed by atoms with Crippen molar-refractivity contribution in [1.29, 1.82) is 5.26 Å². The Labute approximate surface area is 190 Å². The van der Waals surface area contributed by atoms with Crippen LogP contribution in [0.4, 0.5) is 17.5 Å². The maximum Gasteiger partial charge on any atom is 0.277 e. The van der Waals surface area contributed by atoms with Crippen LogP contribution in [0.5, 0.6) is 17.2 Å². The molecule has 1 aromatic carbocycles. The third kappa shape index (κ3) is 4.45. The first-order valence-corrected chi connectivity index (χ1v) is 10.5. The van der Waals surface area contributed by atoms with Gasteiger partial charge in [0.15, 0.2) is 11.5 Å². The molecule has 0 spiro atoms. The number of H-pyrrole nitrogens is 1. The van der Waals surface area contributed by atoms with Gasteiger partial charge in [-0.2, -0.15) is 15.3 Å². The summed E-state index contributed by atoms with van der Waals surface area (Å²) in [6.45, 7) is 1.47. The molecule has 172 valence electrons. The number of hydrogen-bond donors (Lipinski definition) is 2. The zero-order valence-electron chi connectivity index (χ0n) is 18.7. The van der Waals surface area contributed by atoms with Crippen molar-refractivity contribution in [1.82, 2.24) is 20.2 Å². The van der Waals surface area contributed by atoms with Gasteiger partial charge in [0.1, 0.15) is 16.7 Å². The summed E-state index contributed by atoms with van der Waals surface area (Å²) in [4.78, 5) is 23.9. The van der Waals surface area contributed by atoms with E-state index in [1.54, 1.807) is 12.1 Å². The Morgan fingerprint density at radius 1 is 1.15 bits per heavy atom. The van der Waals surface area contributed by atoms with Crippen molar-refractivity contribution < 1.29 is 14.2 Å². The normalized spacial score (nSPS) is 14.1. The lowest BCUT2D eigenvalue weighted by molar-refractivity contribution is 0.324. The summed E-state index contributed by atoms with van der Waals surface area (Å²) in [5.74, 6) is 2.61. The smallest absolute Gasteiger partial charge is 0.277 e. The molecular weight excluding hydrogens is 426 g/mol. The van der Waals surface area contributed by atoms with Crippen molar-refractivity contribution in [2.75, 3.05) is 44.6 Å². The Hall–Kier alpha value is -4.07. The third-order valence-corrected chi connectivity index (χ3v) is 5.71. The Balaban J connectivity index is 1.75. The average Bonchev–Trinajstić information content (AvgIpc) is 2.84. The van der Waals surface area contributed by atoms with Gasteiger partial charge in [-0.3, -0.25) is 4.79 Å². The molecule has 0 saturated carbocycles. The standard InChI is InChI=1S/C22H25N7O4/c1-31-16-10-14(11-17(32-2)19(16)33-3)25-20-18-15(12-24-28-21(18)30)26-22(27-20)29-8-5-13(4-7-23)6-9-29/h10-13H,4-6,8-9H2,1-3H3,(H,28,30)(H,25,26,27). The van der Waals surface area contributed by atoms with Gasteiger partial charge in [-0.15, -0.1) is 0 Å². The van der Waals surface area contributed by atoms with Gasteiger partial charge >= 0.3 is 0 Å². The van der Waals surface area contributed by atoms with Crippen molar-refractivity contribution in [2.24, 2.45) is 5.92 Å². The molecule has 3 heterocycles. The summed E-state index contributed by atoms with van der Waals surface area (Å²) in [6.07, 6.45) is 3.83. The topological polar surface area (TPSA) is 138 Å². The zero-order chi connectivity index (χ0) is 23.4. The Bertz CT molecular complexity index is 1220. The maximum atomic E-state index is 12.6. The predicted octanol–water partition coefficient (Wildman–Crippen LogP) is 2.61. The third-order valence-electron chi connectivity index (χ3n) is 5.71. The fraction of sp³-hybridized carbons (Fsp3) is 0.409. The van der Waals surface area contributed by atoms with Crippen molar-refractivity contribution in [3.8, 4) is 23.3 Å². The van der Waals surface area contributed by atoms with E-state index < -0.39 is 5.56 Å². The number of rotatable bonds is 7. The van der Waals surface area contributed by atoms with Crippen LogP contribution in [-0.2, 0) is 0 Å². The number of aromatic amines is 1. The van der Waals surface area contributed by atoms with E-state index in [4.69, 9.17) is 19.5 Å². The molecule has 11 nitrogen and oxygen atoms in total. The molecule has 11 heteroatoms. The molecule has 3 aromatic rings. The number of nitrogens with one attached hydrogen (secondary N) is 2. The number of ether oxygens (including phenoxy) is 3. The van der Waals surface area contributed by atoms with Crippen LogP contribution in [-0.4, -0.2) is 54.6 Å². The van der Waals surface area contributed by atoms with E-state index in [-0.39, 0.29) is 0 Å². The molecule has 1 aliphatic heterocycles. The van der Waals surface area contributed by atoms with Gasteiger partial charge < -0.3 is 24.4 Å². The van der Waals surface area contributed by atoms with Crippen LogP contribution >= 0.6 is 0 Å². The van der Waals surface area contributed by atoms with Gasteiger partial charge in [0.05, 0.1) is 33.6 Å². The number of nitrogens with zero attached hydrogens (tertiary/aromatic N) is 5. The molecule has 2 aromatic heterocycles. The molecular formula is C22H25N7O4. The predicted molar refractivity (Wildman–Crippen MR) is 123 cm³/mol. The first-order chi connectivity index (χ1) is 16.1. The molecule has 0 bridgehead atoms. The molecule has 1 saturated heterocycles. The van der Waals surface area contributed by atoms with E-state index in [2.05, 4.69) is 36.5 Å². The van der Waals surface area contributed by atoms with Gasteiger partial charge in [0.25, 0.3) is 5.56 Å². The Morgan fingerprint density at radius 3 is 2.45 bits per heavy atom. The van der Waals surface area contributed by atoms with Crippen LogP contribution in [0.3, 0.4) is 0 Å². The van der Waals surface area contributed by atoms with Crippen LogP contribution in [0, 0.1) is 17.2 Å². The SMILES string of the molecule is COc1cc(Nc2nc(N3CCC(CC#N)CC3)nc3cn[nH]c(=O)c23)cc(OC)c1OC. The molecule has 33 heavy (non-hydrogen) atoms. The molecule has 2 N–H and O–H groups in total. The highest BCUT2D eigenvalue weighted by molar-refractivity contribution is 5.90. The van der Waals surface area contributed by atoms with Gasteiger partial charge in [-0.05, 0) is 18.8 Å². The molecule has 1 aliphatic rings. The zero-order valence-corrected chi connectivity index (χ0v) is 18.7. The van der Waals surface area contributed by atoms with Crippen LogP contribution in [0.1, 0.15) is 19.3 Å². The fourth-order valence-corrected chi connectivity index (χ4v) is 3.98. The van der Waals surface area contributed by atoms with Gasteiger partial charge in [-0.1, -0.05) is 0 Å². The van der Waals surface area contributed by atoms with E-state index in [1.165, 1.54) is 27.5 Å². The van der Waals surface area contributed by atoms with E-state index >= 15 is 0 Å². The van der Waals surface area contributed by atoms with E-state index in [0.29, 0.717) is 57.9 Å². The number of benzene rings is 1. The van der Waals surface area contributed by atoms with Crippen LogP contribution in [0.2, 0.25) is 0 Å². The number of anilines is 3. The lowest BCUT2D eigenvalue weighted by Gasteiger charge is -2.31. The fourth-order valence-electron chi connectivity index (χ4n) is 3.98. The molecule has 1 fully saturated rings. The Morgan fingerprint density at radius 2 is 1.85 bits per heavy atom. The second-order valence-corrected chi connectivity index (χ2v) is 7.66. The molecule has 0 amide bonds.